The SMILES string of the molecule is CCOC(=O)c1cccc(N=NC[SH](=O)=O)c1. The molecule has 92 valence electrons. The molecule has 0 N–H and O–H groups in total. The van der Waals surface area contributed by atoms with Crippen LogP contribution in [-0.4, -0.2) is 26.9 Å². The second-order valence-corrected chi connectivity index (χ2v) is 3.93. The van der Waals surface area contributed by atoms with Crippen LogP contribution in [0, 0.1) is 0 Å². The Balaban J connectivity index is 2.78. The van der Waals surface area contributed by atoms with Crippen LogP contribution in [0.3, 0.4) is 0 Å². The molecule has 0 amide bonds. The van der Waals surface area contributed by atoms with Crippen LogP contribution in [0.1, 0.15) is 17.3 Å². The fourth-order valence-corrected chi connectivity index (χ4v) is 1.24. The van der Waals surface area contributed by atoms with Crippen LogP contribution >= 0.6 is 0 Å². The van der Waals surface area contributed by atoms with Crippen molar-refractivity contribution in [2.24, 2.45) is 10.2 Å². The fraction of sp³-hybridized carbons (Fsp3) is 0.300. The molecule has 1 aromatic rings. The molecular weight excluding hydrogens is 244 g/mol. The predicted molar refractivity (Wildman–Crippen MR) is 62.1 cm³/mol. The second-order valence-electron chi connectivity index (χ2n) is 2.99. The molecule has 7 heteroatoms. The van der Waals surface area contributed by atoms with E-state index >= 15 is 0 Å². The lowest BCUT2D eigenvalue weighted by atomic mass is 10.2. The van der Waals surface area contributed by atoms with Gasteiger partial charge in [0.25, 0.3) is 0 Å². The smallest absolute Gasteiger partial charge is 0.338 e. The van der Waals surface area contributed by atoms with E-state index in [1.54, 1.807) is 25.1 Å². The van der Waals surface area contributed by atoms with Gasteiger partial charge in [0.2, 0.25) is 0 Å². The Morgan fingerprint density at radius 3 is 2.82 bits per heavy atom. The zero-order valence-electron chi connectivity index (χ0n) is 9.20. The van der Waals surface area contributed by atoms with Gasteiger partial charge in [-0.15, -0.1) is 0 Å². The molecule has 0 radical (unpaired) electrons. The summed E-state index contributed by atoms with van der Waals surface area (Å²) in [6.07, 6.45) is 0. The Morgan fingerprint density at radius 1 is 1.41 bits per heavy atom. The standard InChI is InChI=1S/C10H12N2O4S/c1-2-16-10(13)8-4-3-5-9(6-8)12-11-7-17(14)15/h3-6,17H,2,7H2,1H3. The number of nitrogens with zero attached hydrogens (tertiary/aromatic N) is 2. The third-order valence-corrected chi connectivity index (χ3v) is 2.08. The number of rotatable bonds is 5. The van der Waals surface area contributed by atoms with Crippen LogP contribution in [-0.2, 0) is 15.4 Å². The number of azo groups is 1. The zero-order valence-corrected chi connectivity index (χ0v) is 10.1. The first kappa shape index (κ1) is 13.3. The van der Waals surface area contributed by atoms with E-state index in [1.165, 1.54) is 6.07 Å². The minimum absolute atomic E-state index is 0.293. The third kappa shape index (κ3) is 4.73. The molecule has 0 heterocycles. The van der Waals surface area contributed by atoms with Crippen molar-refractivity contribution in [1.82, 2.24) is 0 Å². The molecule has 0 aliphatic heterocycles. The topological polar surface area (TPSA) is 85.2 Å². The highest BCUT2D eigenvalue weighted by Crippen LogP contribution is 2.15. The highest BCUT2D eigenvalue weighted by molar-refractivity contribution is 7.72. The largest absolute Gasteiger partial charge is 0.462 e. The van der Waals surface area contributed by atoms with Gasteiger partial charge in [-0.25, -0.2) is 13.2 Å². The molecule has 0 aliphatic carbocycles. The van der Waals surface area contributed by atoms with E-state index in [0.29, 0.717) is 17.9 Å². The van der Waals surface area contributed by atoms with Crippen molar-refractivity contribution in [3.05, 3.63) is 29.8 Å². The maximum Gasteiger partial charge on any atom is 0.338 e. The Hall–Kier alpha value is -1.76. The van der Waals surface area contributed by atoms with Gasteiger partial charge in [-0.05, 0) is 25.1 Å². The molecule has 0 aromatic heterocycles. The lowest BCUT2D eigenvalue weighted by Crippen LogP contribution is -2.03. The summed E-state index contributed by atoms with van der Waals surface area (Å²) in [5.74, 6) is -0.807. The first-order chi connectivity index (χ1) is 8.13. The van der Waals surface area contributed by atoms with E-state index in [2.05, 4.69) is 10.2 Å². The van der Waals surface area contributed by atoms with Gasteiger partial charge in [-0.3, -0.25) is 0 Å². The molecule has 0 fully saturated rings. The van der Waals surface area contributed by atoms with Gasteiger partial charge in [-0.1, -0.05) is 6.07 Å². The number of ether oxygens (including phenoxy) is 1. The quantitative estimate of drug-likeness (QED) is 0.491. The average Bonchev–Trinajstić information content (AvgIpc) is 2.29. The fourth-order valence-electron chi connectivity index (χ4n) is 1.07. The third-order valence-electron chi connectivity index (χ3n) is 1.72. The summed E-state index contributed by atoms with van der Waals surface area (Å²) in [4.78, 5) is 11.4. The van der Waals surface area contributed by atoms with Gasteiger partial charge in [0.1, 0.15) is 0 Å². The van der Waals surface area contributed by atoms with Crippen molar-refractivity contribution in [2.75, 3.05) is 12.5 Å². The van der Waals surface area contributed by atoms with E-state index in [4.69, 9.17) is 4.74 Å². The summed E-state index contributed by atoms with van der Waals surface area (Å²) in [7, 11) is -2.57. The Kier molecular flexibility index (Phi) is 5.28. The minimum atomic E-state index is -2.57. The highest BCUT2D eigenvalue weighted by atomic mass is 32.2. The van der Waals surface area contributed by atoms with Crippen LogP contribution in [0.15, 0.2) is 34.5 Å². The number of carbonyl (C=O) groups is 1. The second kappa shape index (κ2) is 6.74. The van der Waals surface area contributed by atoms with E-state index < -0.39 is 16.7 Å². The van der Waals surface area contributed by atoms with Crippen LogP contribution < -0.4 is 0 Å². The van der Waals surface area contributed by atoms with Gasteiger partial charge in [0, 0.05) is 0 Å². The van der Waals surface area contributed by atoms with Gasteiger partial charge in [0.15, 0.2) is 16.6 Å². The Morgan fingerprint density at radius 2 is 2.18 bits per heavy atom. The first-order valence-corrected chi connectivity index (χ1v) is 6.26. The predicted octanol–water partition coefficient (Wildman–Crippen LogP) is 1.52. The molecule has 0 saturated carbocycles. The van der Waals surface area contributed by atoms with Crippen molar-refractivity contribution in [3.8, 4) is 0 Å². The number of esters is 1. The van der Waals surface area contributed by atoms with Gasteiger partial charge in [0.05, 0.1) is 17.9 Å². The van der Waals surface area contributed by atoms with Gasteiger partial charge >= 0.3 is 5.97 Å². The summed E-state index contributed by atoms with van der Waals surface area (Å²) in [5.41, 5.74) is 0.766. The summed E-state index contributed by atoms with van der Waals surface area (Å²) in [6.45, 7) is 2.01. The number of hydrogen-bond donors (Lipinski definition) is 1. The first-order valence-electron chi connectivity index (χ1n) is 4.90. The molecule has 17 heavy (non-hydrogen) atoms. The van der Waals surface area contributed by atoms with E-state index in [9.17, 15) is 13.2 Å². The van der Waals surface area contributed by atoms with Crippen LogP contribution in [0.25, 0.3) is 0 Å². The van der Waals surface area contributed by atoms with Gasteiger partial charge < -0.3 is 4.74 Å². The molecule has 1 rings (SSSR count). The maximum atomic E-state index is 11.4. The summed E-state index contributed by atoms with van der Waals surface area (Å²) >= 11 is 0. The Bertz CT molecular complexity index is 489. The van der Waals surface area contributed by atoms with Crippen molar-refractivity contribution < 1.29 is 17.9 Å². The molecule has 1 aromatic carbocycles. The molecule has 0 saturated heterocycles. The molecule has 0 spiro atoms. The molecule has 0 unspecified atom stereocenters. The lowest BCUT2D eigenvalue weighted by molar-refractivity contribution is 0.0526. The molecule has 0 bridgehead atoms. The lowest BCUT2D eigenvalue weighted by Gasteiger charge is -2.01. The Labute approximate surface area is 100 Å². The van der Waals surface area contributed by atoms with Crippen molar-refractivity contribution in [1.29, 1.82) is 0 Å². The minimum Gasteiger partial charge on any atom is -0.462 e. The summed E-state index contributed by atoms with van der Waals surface area (Å²) in [5, 5.41) is 7.15. The maximum absolute atomic E-state index is 11.4. The molecule has 6 nitrogen and oxygen atoms in total. The normalized spacial score (nSPS) is 10.9. The number of hydrogen-bond acceptors (Lipinski definition) is 6. The highest BCUT2D eigenvalue weighted by Gasteiger charge is 2.05. The zero-order chi connectivity index (χ0) is 12.7. The number of carbonyl (C=O) groups excluding carboxylic acids is 1. The summed E-state index contributed by atoms with van der Waals surface area (Å²) < 4.78 is 25.3. The van der Waals surface area contributed by atoms with Crippen molar-refractivity contribution in [3.63, 3.8) is 0 Å². The number of thiol groups is 1. The van der Waals surface area contributed by atoms with Crippen molar-refractivity contribution >= 4 is 22.4 Å². The number of benzene rings is 1. The van der Waals surface area contributed by atoms with Gasteiger partial charge in [-0.2, -0.15) is 10.2 Å². The molecule has 0 atom stereocenters. The molecular formula is C10H12N2O4S. The molecule has 0 aliphatic rings. The van der Waals surface area contributed by atoms with E-state index in [-0.39, 0.29) is 5.88 Å². The van der Waals surface area contributed by atoms with Crippen molar-refractivity contribution in [2.45, 2.75) is 6.92 Å². The van der Waals surface area contributed by atoms with E-state index in [1.807, 2.05) is 0 Å². The van der Waals surface area contributed by atoms with E-state index in [0.717, 1.165) is 0 Å². The summed E-state index contributed by atoms with van der Waals surface area (Å²) in [6, 6.07) is 6.31. The average molecular weight is 256 g/mol. The van der Waals surface area contributed by atoms with Crippen LogP contribution in [0.2, 0.25) is 0 Å². The van der Waals surface area contributed by atoms with Crippen LogP contribution in [0.4, 0.5) is 5.69 Å². The monoisotopic (exact) mass is 256 g/mol. The van der Waals surface area contributed by atoms with Crippen LogP contribution in [0.5, 0.6) is 0 Å².